The topological polar surface area (TPSA) is 27.7 Å². The minimum atomic E-state index is -1.90. The van der Waals surface area contributed by atoms with E-state index in [1.807, 2.05) is 12.1 Å². The smallest absolute Gasteiger partial charge is 0.192 e. The van der Waals surface area contributed by atoms with E-state index < -0.39 is 8.32 Å². The zero-order valence-corrected chi connectivity index (χ0v) is 17.6. The summed E-state index contributed by atoms with van der Waals surface area (Å²) in [6.07, 6.45) is 0.0369. The second-order valence-electron chi connectivity index (χ2n) is 8.23. The van der Waals surface area contributed by atoms with Gasteiger partial charge >= 0.3 is 0 Å². The highest BCUT2D eigenvalue weighted by atomic mass is 28.4. The molecule has 1 aromatic carbocycles. The highest BCUT2D eigenvalue weighted by molar-refractivity contribution is 6.74. The third-order valence-corrected chi connectivity index (χ3v) is 10.2. The number of ether oxygens (including phenoxy) is 2. The van der Waals surface area contributed by atoms with E-state index in [1.165, 1.54) is 11.1 Å². The summed E-state index contributed by atoms with van der Waals surface area (Å²) in [6.45, 7) is 15.8. The Bertz CT molecular complexity index is 641. The predicted octanol–water partition coefficient (Wildman–Crippen LogP) is 5.79. The van der Waals surface area contributed by atoms with Crippen LogP contribution in [0.5, 0.6) is 5.75 Å². The minimum Gasteiger partial charge on any atom is -0.496 e. The van der Waals surface area contributed by atoms with E-state index in [9.17, 15) is 0 Å². The standard InChI is InChI=1S/C20H32O3Si/c1-13-14(2)19(22-7)17-15(11-10-12-16(17)21-6)18(13)23-24(8,9)20(3,4)5/h10-13,18H,1-9H3. The minimum absolute atomic E-state index is 0.0369. The van der Waals surface area contributed by atoms with Gasteiger partial charge in [0.1, 0.15) is 11.5 Å². The molecular formula is C20H32O3Si. The Morgan fingerprint density at radius 1 is 1.04 bits per heavy atom. The molecule has 24 heavy (non-hydrogen) atoms. The Morgan fingerprint density at radius 3 is 2.17 bits per heavy atom. The molecule has 0 radical (unpaired) electrons. The number of fused-ring (bicyclic) bond motifs is 1. The van der Waals surface area contributed by atoms with Gasteiger partial charge in [0, 0.05) is 5.92 Å². The van der Waals surface area contributed by atoms with Crippen LogP contribution >= 0.6 is 0 Å². The summed E-state index contributed by atoms with van der Waals surface area (Å²) in [7, 11) is 1.55. The lowest BCUT2D eigenvalue weighted by Crippen LogP contribution is -2.43. The molecule has 0 bridgehead atoms. The summed E-state index contributed by atoms with van der Waals surface area (Å²) in [5.41, 5.74) is 3.44. The summed E-state index contributed by atoms with van der Waals surface area (Å²) in [6, 6.07) is 6.18. The second kappa shape index (κ2) is 6.56. The summed E-state index contributed by atoms with van der Waals surface area (Å²) in [5.74, 6) is 2.04. The maximum atomic E-state index is 6.84. The van der Waals surface area contributed by atoms with Crippen LogP contribution in [-0.4, -0.2) is 22.5 Å². The molecule has 0 spiro atoms. The first-order valence-corrected chi connectivity index (χ1v) is 11.6. The van der Waals surface area contributed by atoms with Crippen LogP contribution in [0.4, 0.5) is 0 Å². The zero-order chi connectivity index (χ0) is 18.3. The van der Waals surface area contributed by atoms with Crippen molar-refractivity contribution in [1.29, 1.82) is 0 Å². The van der Waals surface area contributed by atoms with E-state index >= 15 is 0 Å². The molecule has 0 saturated heterocycles. The molecule has 2 rings (SSSR count). The molecule has 2 unspecified atom stereocenters. The van der Waals surface area contributed by atoms with Crippen molar-refractivity contribution in [3.63, 3.8) is 0 Å². The lowest BCUT2D eigenvalue weighted by atomic mass is 9.81. The largest absolute Gasteiger partial charge is 0.496 e. The van der Waals surface area contributed by atoms with E-state index in [-0.39, 0.29) is 17.1 Å². The van der Waals surface area contributed by atoms with Crippen molar-refractivity contribution in [1.82, 2.24) is 0 Å². The molecule has 0 aromatic heterocycles. The lowest BCUT2D eigenvalue weighted by Gasteiger charge is -2.43. The van der Waals surface area contributed by atoms with Crippen LogP contribution < -0.4 is 4.74 Å². The molecule has 1 aliphatic carbocycles. The van der Waals surface area contributed by atoms with E-state index in [0.29, 0.717) is 0 Å². The zero-order valence-electron chi connectivity index (χ0n) is 16.6. The molecule has 1 aliphatic rings. The van der Waals surface area contributed by atoms with Gasteiger partial charge in [-0.05, 0) is 42.3 Å². The van der Waals surface area contributed by atoms with E-state index in [1.54, 1.807) is 14.2 Å². The highest BCUT2D eigenvalue weighted by Gasteiger charge is 2.43. The van der Waals surface area contributed by atoms with Crippen LogP contribution in [0.15, 0.2) is 23.8 Å². The number of rotatable bonds is 4. The maximum absolute atomic E-state index is 6.84. The Morgan fingerprint density at radius 2 is 1.67 bits per heavy atom. The third-order valence-electron chi connectivity index (χ3n) is 5.74. The predicted molar refractivity (Wildman–Crippen MR) is 103 cm³/mol. The molecule has 0 N–H and O–H groups in total. The van der Waals surface area contributed by atoms with Gasteiger partial charge in [-0.1, -0.05) is 39.8 Å². The van der Waals surface area contributed by atoms with Gasteiger partial charge in [-0.25, -0.2) is 0 Å². The Balaban J connectivity index is 2.60. The van der Waals surface area contributed by atoms with Gasteiger partial charge in [-0.2, -0.15) is 0 Å². The molecule has 0 heterocycles. The molecule has 134 valence electrons. The summed E-state index contributed by atoms with van der Waals surface area (Å²) in [4.78, 5) is 0. The Labute approximate surface area is 148 Å². The lowest BCUT2D eigenvalue weighted by molar-refractivity contribution is 0.136. The van der Waals surface area contributed by atoms with Gasteiger partial charge in [0.15, 0.2) is 8.32 Å². The van der Waals surface area contributed by atoms with Gasteiger partial charge in [-0.3, -0.25) is 0 Å². The van der Waals surface area contributed by atoms with Gasteiger partial charge in [-0.15, -0.1) is 0 Å². The van der Waals surface area contributed by atoms with Crippen molar-refractivity contribution >= 4 is 14.1 Å². The van der Waals surface area contributed by atoms with E-state index in [2.05, 4.69) is 53.8 Å². The van der Waals surface area contributed by atoms with Crippen molar-refractivity contribution in [2.45, 2.75) is 58.9 Å². The monoisotopic (exact) mass is 348 g/mol. The molecule has 2 atom stereocenters. The van der Waals surface area contributed by atoms with Crippen molar-refractivity contribution in [3.8, 4) is 5.75 Å². The first-order chi connectivity index (χ1) is 11.0. The molecule has 0 fully saturated rings. The fourth-order valence-electron chi connectivity index (χ4n) is 3.02. The molecule has 3 nitrogen and oxygen atoms in total. The molecule has 4 heteroatoms. The number of hydrogen-bond acceptors (Lipinski definition) is 3. The quantitative estimate of drug-likeness (QED) is 0.645. The number of hydrogen-bond donors (Lipinski definition) is 0. The van der Waals surface area contributed by atoms with Crippen LogP contribution in [0.3, 0.4) is 0 Å². The van der Waals surface area contributed by atoms with Crippen molar-refractivity contribution in [2.75, 3.05) is 14.2 Å². The molecular weight excluding hydrogens is 316 g/mol. The number of methoxy groups -OCH3 is 2. The van der Waals surface area contributed by atoms with Crippen LogP contribution in [0.25, 0.3) is 5.76 Å². The molecule has 0 amide bonds. The Hall–Kier alpha value is -1.26. The first-order valence-electron chi connectivity index (χ1n) is 8.65. The van der Waals surface area contributed by atoms with Crippen molar-refractivity contribution < 1.29 is 13.9 Å². The van der Waals surface area contributed by atoms with Gasteiger partial charge < -0.3 is 13.9 Å². The summed E-state index contributed by atoms with van der Waals surface area (Å²) in [5, 5.41) is 0.172. The van der Waals surface area contributed by atoms with Gasteiger partial charge in [0.05, 0.1) is 25.9 Å². The first kappa shape index (κ1) is 19.1. The normalized spacial score (nSPS) is 21.5. The summed E-state index contributed by atoms with van der Waals surface area (Å²) >= 11 is 0. The number of benzene rings is 1. The van der Waals surface area contributed by atoms with E-state index in [4.69, 9.17) is 13.9 Å². The second-order valence-corrected chi connectivity index (χ2v) is 13.0. The van der Waals surface area contributed by atoms with Crippen molar-refractivity contribution in [2.24, 2.45) is 5.92 Å². The van der Waals surface area contributed by atoms with Crippen LogP contribution in [0.2, 0.25) is 18.1 Å². The van der Waals surface area contributed by atoms with Crippen LogP contribution in [0.1, 0.15) is 51.8 Å². The molecule has 0 aliphatic heterocycles. The van der Waals surface area contributed by atoms with Crippen LogP contribution in [-0.2, 0) is 9.16 Å². The third kappa shape index (κ3) is 3.14. The Kier molecular flexibility index (Phi) is 5.21. The maximum Gasteiger partial charge on any atom is 0.192 e. The molecule has 1 aromatic rings. The summed E-state index contributed by atoms with van der Waals surface area (Å²) < 4.78 is 18.2. The molecule has 0 saturated carbocycles. The fourth-order valence-corrected chi connectivity index (χ4v) is 4.34. The highest BCUT2D eigenvalue weighted by Crippen LogP contribution is 2.49. The average Bonchev–Trinajstić information content (AvgIpc) is 2.50. The van der Waals surface area contributed by atoms with Crippen LogP contribution in [0, 0.1) is 5.92 Å². The van der Waals surface area contributed by atoms with Gasteiger partial charge in [0.2, 0.25) is 0 Å². The van der Waals surface area contributed by atoms with E-state index in [0.717, 1.165) is 17.1 Å². The average molecular weight is 349 g/mol. The van der Waals surface area contributed by atoms with Gasteiger partial charge in [0.25, 0.3) is 0 Å². The SMILES string of the molecule is COC1=C(C)C(C)C(O[Si](C)(C)C(C)(C)C)c2cccc(OC)c21. The fraction of sp³-hybridized carbons (Fsp3) is 0.600. The van der Waals surface area contributed by atoms with Crippen molar-refractivity contribution in [3.05, 3.63) is 34.9 Å².